The van der Waals surface area contributed by atoms with Gasteiger partial charge in [-0.25, -0.2) is 4.68 Å². The summed E-state index contributed by atoms with van der Waals surface area (Å²) in [5, 5.41) is 15.5. The number of aryl methyl sites for hydroxylation is 3. The first-order valence-corrected chi connectivity index (χ1v) is 9.38. The number of nitrogen functional groups attached to an aromatic ring is 1. The largest absolute Gasteiger partial charge is 0.374 e. The molecule has 0 spiro atoms. The summed E-state index contributed by atoms with van der Waals surface area (Å²) in [5.74, 6) is 0.741. The summed E-state index contributed by atoms with van der Waals surface area (Å²) in [7, 11) is 0. The normalized spacial score (nSPS) is 10.8. The summed E-state index contributed by atoms with van der Waals surface area (Å²) < 4.78 is 2.44. The Balaban J connectivity index is 1.76. The summed E-state index contributed by atoms with van der Waals surface area (Å²) in [6.07, 6.45) is 0. The van der Waals surface area contributed by atoms with Crippen molar-refractivity contribution in [2.75, 3.05) is 16.8 Å². The van der Waals surface area contributed by atoms with Crippen LogP contribution in [0, 0.1) is 20.8 Å². The molecule has 3 rings (SSSR count). The van der Waals surface area contributed by atoms with Gasteiger partial charge in [-0.1, -0.05) is 35.2 Å². The number of carbonyl (C=O) groups excluding carboxylic acids is 1. The van der Waals surface area contributed by atoms with Crippen LogP contribution in [0.15, 0.2) is 28.6 Å². The third kappa shape index (κ3) is 4.18. The minimum absolute atomic E-state index is 0.134. The van der Waals surface area contributed by atoms with Crippen LogP contribution in [-0.4, -0.2) is 31.6 Å². The maximum absolute atomic E-state index is 12.3. The van der Waals surface area contributed by atoms with Crippen molar-refractivity contribution in [2.45, 2.75) is 25.1 Å². The Morgan fingerprint density at radius 2 is 2.08 bits per heavy atom. The third-order valence-electron chi connectivity index (χ3n) is 3.44. The summed E-state index contributed by atoms with van der Waals surface area (Å²) >= 11 is 2.57. The molecule has 2 aromatic heterocycles. The molecule has 0 aliphatic rings. The molecule has 0 bridgehead atoms. The third-order valence-corrected chi connectivity index (χ3v) is 5.33. The van der Waals surface area contributed by atoms with E-state index >= 15 is 0 Å². The fourth-order valence-electron chi connectivity index (χ4n) is 2.30. The van der Waals surface area contributed by atoms with Crippen LogP contribution in [-0.2, 0) is 4.79 Å². The molecule has 0 atom stereocenters. The molecule has 3 aromatic rings. The minimum atomic E-state index is -0.134. The van der Waals surface area contributed by atoms with Crippen LogP contribution in [0.5, 0.6) is 0 Å². The summed E-state index contributed by atoms with van der Waals surface area (Å²) in [6, 6.07) is 8.00. The summed E-state index contributed by atoms with van der Waals surface area (Å²) in [4.78, 5) is 12.3. The number of nitrogens with two attached hydrogens (primary N) is 1. The van der Waals surface area contributed by atoms with Crippen LogP contribution in [0.3, 0.4) is 0 Å². The van der Waals surface area contributed by atoms with Gasteiger partial charge in [-0.05, 0) is 38.0 Å². The van der Waals surface area contributed by atoms with Gasteiger partial charge < -0.3 is 11.1 Å². The highest BCUT2D eigenvalue weighted by Gasteiger charge is 2.14. The van der Waals surface area contributed by atoms with Crippen LogP contribution >= 0.6 is 23.1 Å². The molecule has 0 aliphatic heterocycles. The van der Waals surface area contributed by atoms with Crippen LogP contribution in [0.25, 0.3) is 5.69 Å². The maximum Gasteiger partial charge on any atom is 0.235 e. The van der Waals surface area contributed by atoms with E-state index in [-0.39, 0.29) is 11.7 Å². The van der Waals surface area contributed by atoms with Crippen LogP contribution in [0.4, 0.5) is 10.9 Å². The van der Waals surface area contributed by atoms with Crippen LogP contribution < -0.4 is 11.1 Å². The molecule has 2 heterocycles. The Bertz CT molecular complexity index is 917. The molecule has 0 radical (unpaired) electrons. The van der Waals surface area contributed by atoms with Crippen molar-refractivity contribution < 1.29 is 4.79 Å². The summed E-state index contributed by atoms with van der Waals surface area (Å²) in [6.45, 7) is 5.95. The van der Waals surface area contributed by atoms with Crippen molar-refractivity contribution in [3.63, 3.8) is 0 Å². The van der Waals surface area contributed by atoms with Crippen LogP contribution in [0.1, 0.15) is 16.8 Å². The molecule has 0 fully saturated rings. The number of carbonyl (C=O) groups is 1. The first-order chi connectivity index (χ1) is 11.9. The van der Waals surface area contributed by atoms with Gasteiger partial charge >= 0.3 is 0 Å². The highest BCUT2D eigenvalue weighted by atomic mass is 32.2. The number of anilines is 2. The molecule has 1 amide bonds. The number of hydrogen-bond donors (Lipinski definition) is 2. The Morgan fingerprint density at radius 3 is 2.80 bits per heavy atom. The van der Waals surface area contributed by atoms with Crippen molar-refractivity contribution in [1.29, 1.82) is 0 Å². The van der Waals surface area contributed by atoms with Crippen molar-refractivity contribution in [1.82, 2.24) is 20.0 Å². The molecule has 0 saturated heterocycles. The average Bonchev–Trinajstić information content (AvgIpc) is 3.13. The zero-order chi connectivity index (χ0) is 18.0. The number of amides is 1. The van der Waals surface area contributed by atoms with E-state index < -0.39 is 0 Å². The number of hydrogen-bond acceptors (Lipinski definition) is 7. The predicted octanol–water partition coefficient (Wildman–Crippen LogP) is 2.96. The molecule has 7 nitrogen and oxygen atoms in total. The Morgan fingerprint density at radius 1 is 1.28 bits per heavy atom. The average molecular weight is 374 g/mol. The van der Waals surface area contributed by atoms with Gasteiger partial charge in [-0.15, -0.1) is 10.2 Å². The number of rotatable bonds is 5. The Hall–Kier alpha value is -2.39. The molecular formula is C16H18N6OS2. The van der Waals surface area contributed by atoms with Gasteiger partial charge in [0.2, 0.25) is 11.0 Å². The topological polar surface area (TPSA) is 98.7 Å². The summed E-state index contributed by atoms with van der Waals surface area (Å²) in [5.41, 5.74) is 9.55. The standard InChI is InChI=1S/C16H18N6OS2/c1-9-4-5-10(2)12(6-9)22-13(7-11(3)21-22)18-14(23)8-24-16-20-19-15(17)25-16/h4-7H,8H2,1-3H3,(H2,17,19)(H,18,23). The molecule has 3 N–H and O–H groups in total. The number of nitrogens with one attached hydrogen (secondary N) is 1. The predicted molar refractivity (Wildman–Crippen MR) is 101 cm³/mol. The highest BCUT2D eigenvalue weighted by Crippen LogP contribution is 2.25. The SMILES string of the molecule is Cc1ccc(C)c(-n2nc(C)cc2NC(=O)CSc2nnc(N)s2)c1. The minimum Gasteiger partial charge on any atom is -0.374 e. The quantitative estimate of drug-likeness (QED) is 0.666. The van der Waals surface area contributed by atoms with E-state index in [1.54, 1.807) is 4.68 Å². The van der Waals surface area contributed by atoms with E-state index in [9.17, 15) is 4.79 Å². The zero-order valence-electron chi connectivity index (χ0n) is 14.1. The van der Waals surface area contributed by atoms with Crippen molar-refractivity contribution >= 4 is 40.0 Å². The van der Waals surface area contributed by atoms with Crippen molar-refractivity contribution in [3.8, 4) is 5.69 Å². The molecule has 25 heavy (non-hydrogen) atoms. The molecule has 130 valence electrons. The first-order valence-electron chi connectivity index (χ1n) is 7.58. The van der Waals surface area contributed by atoms with E-state index in [1.165, 1.54) is 23.1 Å². The van der Waals surface area contributed by atoms with Gasteiger partial charge in [0.05, 0.1) is 17.1 Å². The smallest absolute Gasteiger partial charge is 0.235 e. The van der Waals surface area contributed by atoms with Crippen molar-refractivity contribution in [2.24, 2.45) is 0 Å². The van der Waals surface area contributed by atoms with Gasteiger partial charge in [0.1, 0.15) is 5.82 Å². The molecule has 0 unspecified atom stereocenters. The molecule has 9 heteroatoms. The van der Waals surface area contributed by atoms with E-state index in [2.05, 4.69) is 32.7 Å². The van der Waals surface area contributed by atoms with Crippen molar-refractivity contribution in [3.05, 3.63) is 41.1 Å². The van der Waals surface area contributed by atoms with E-state index in [1.807, 2.05) is 32.9 Å². The monoisotopic (exact) mass is 374 g/mol. The van der Waals surface area contributed by atoms with E-state index in [0.29, 0.717) is 15.3 Å². The molecule has 0 aliphatic carbocycles. The lowest BCUT2D eigenvalue weighted by Crippen LogP contribution is -2.17. The fraction of sp³-hybridized carbons (Fsp3) is 0.250. The number of aromatic nitrogens is 4. The van der Waals surface area contributed by atoms with Gasteiger partial charge in [-0.2, -0.15) is 5.10 Å². The molecular weight excluding hydrogens is 356 g/mol. The van der Waals surface area contributed by atoms with Gasteiger partial charge in [-0.3, -0.25) is 4.79 Å². The zero-order valence-corrected chi connectivity index (χ0v) is 15.7. The number of benzene rings is 1. The lowest BCUT2D eigenvalue weighted by atomic mass is 10.1. The van der Waals surface area contributed by atoms with E-state index in [4.69, 9.17) is 5.73 Å². The second-order valence-electron chi connectivity index (χ2n) is 5.62. The fourth-order valence-corrected chi connectivity index (χ4v) is 3.74. The van der Waals surface area contributed by atoms with Crippen LogP contribution in [0.2, 0.25) is 0 Å². The highest BCUT2D eigenvalue weighted by molar-refractivity contribution is 8.01. The second kappa shape index (κ2) is 7.24. The lowest BCUT2D eigenvalue weighted by molar-refractivity contribution is -0.113. The second-order valence-corrected chi connectivity index (χ2v) is 7.85. The Labute approximate surface area is 153 Å². The van der Waals surface area contributed by atoms with Gasteiger partial charge in [0, 0.05) is 6.07 Å². The molecule has 0 saturated carbocycles. The van der Waals surface area contributed by atoms with E-state index in [0.717, 1.165) is 22.5 Å². The Kier molecular flexibility index (Phi) is 5.05. The lowest BCUT2D eigenvalue weighted by Gasteiger charge is -2.11. The molecule has 1 aromatic carbocycles. The number of nitrogens with zero attached hydrogens (tertiary/aromatic N) is 4. The van der Waals surface area contributed by atoms with Gasteiger partial charge in [0.15, 0.2) is 4.34 Å². The maximum atomic E-state index is 12.3. The first kappa shape index (κ1) is 17.4. The number of thioether (sulfide) groups is 1. The van der Waals surface area contributed by atoms with Gasteiger partial charge in [0.25, 0.3) is 0 Å².